The van der Waals surface area contributed by atoms with E-state index in [0.29, 0.717) is 42.5 Å². The number of carbonyl (C=O) groups excluding carboxylic acids is 1. The maximum absolute atomic E-state index is 14.4. The number of carbonyl (C=O) groups is 1. The van der Waals surface area contributed by atoms with Gasteiger partial charge in [0.1, 0.15) is 5.75 Å². The minimum atomic E-state index is -4.41. The number of benzene rings is 3. The van der Waals surface area contributed by atoms with Gasteiger partial charge in [-0.05, 0) is 100 Å². The molecule has 4 rings (SSSR count). The summed E-state index contributed by atoms with van der Waals surface area (Å²) in [7, 11) is -2.15. The summed E-state index contributed by atoms with van der Waals surface area (Å²) in [5, 5.41) is 10.6. The minimum absolute atomic E-state index is 0.00290. The summed E-state index contributed by atoms with van der Waals surface area (Å²) in [5.41, 5.74) is 0.296. The van der Waals surface area contributed by atoms with Crippen molar-refractivity contribution in [1.29, 1.82) is 0 Å². The zero-order valence-electron chi connectivity index (χ0n) is 28.6. The third kappa shape index (κ3) is 10.8. The van der Waals surface area contributed by atoms with Crippen LogP contribution in [0.4, 0.5) is 18.9 Å². The number of aliphatic hydroxyl groups excluding tert-OH is 1. The molecule has 1 heterocycles. The molecule has 0 radical (unpaired) electrons. The number of nitrogens with zero attached hydrogens (tertiary/aromatic N) is 2. The average molecular weight is 740 g/mol. The molecule has 1 aliphatic rings. The van der Waals surface area contributed by atoms with Crippen LogP contribution in [0.25, 0.3) is 0 Å². The number of hydrogen-bond donors (Lipinski definition) is 2. The van der Waals surface area contributed by atoms with Crippen molar-refractivity contribution in [3.8, 4) is 5.75 Å². The zero-order valence-corrected chi connectivity index (χ0v) is 30.2. The fraction of sp³-hybridized carbons (Fsp3) is 0.472. The van der Waals surface area contributed by atoms with E-state index >= 15 is 0 Å². The number of likely N-dealkylation sites (N-methyl/N-ethyl adjacent to an activating group) is 1. The summed E-state index contributed by atoms with van der Waals surface area (Å²) in [5.74, 6) is -0.399. The molecule has 0 aromatic heterocycles. The zero-order chi connectivity index (χ0) is 36.6. The molecule has 0 aliphatic carbocycles. The number of hydrogen-bond acceptors (Lipinski definition) is 7. The van der Waals surface area contributed by atoms with E-state index in [9.17, 15) is 31.5 Å². The predicted molar refractivity (Wildman–Crippen MR) is 187 cm³/mol. The van der Waals surface area contributed by atoms with Crippen molar-refractivity contribution in [3.63, 3.8) is 0 Å². The lowest BCUT2D eigenvalue weighted by atomic mass is 10.0. The summed E-state index contributed by atoms with van der Waals surface area (Å²) >= 11 is 5.94. The molecular weight excluding hydrogens is 695 g/mol. The normalized spacial score (nSPS) is 20.5. The van der Waals surface area contributed by atoms with Crippen LogP contribution in [-0.4, -0.2) is 80.8 Å². The van der Waals surface area contributed by atoms with Crippen LogP contribution in [0.15, 0.2) is 71.6 Å². The molecule has 1 aliphatic heterocycles. The van der Waals surface area contributed by atoms with Crippen LogP contribution in [0.5, 0.6) is 5.75 Å². The second-order valence-electron chi connectivity index (χ2n) is 13.0. The summed E-state index contributed by atoms with van der Waals surface area (Å²) in [6, 6.07) is 14.7. The van der Waals surface area contributed by atoms with Gasteiger partial charge in [0.25, 0.3) is 15.9 Å². The van der Waals surface area contributed by atoms with Crippen molar-refractivity contribution < 1.29 is 41.0 Å². The highest BCUT2D eigenvalue weighted by Crippen LogP contribution is 2.31. The Balaban J connectivity index is 1.61. The molecule has 3 aromatic rings. The number of anilines is 1. The molecule has 4 atom stereocenters. The Labute approximate surface area is 297 Å². The number of amides is 1. The average Bonchev–Trinajstić information content (AvgIpc) is 3.06. The number of halogens is 4. The van der Waals surface area contributed by atoms with Crippen molar-refractivity contribution in [2.75, 3.05) is 38.1 Å². The predicted octanol–water partition coefficient (Wildman–Crippen LogP) is 7.09. The van der Waals surface area contributed by atoms with Gasteiger partial charge in [-0.2, -0.15) is 13.2 Å². The highest BCUT2D eigenvalue weighted by molar-refractivity contribution is 7.92. The Morgan fingerprint density at radius 3 is 2.38 bits per heavy atom. The van der Waals surface area contributed by atoms with Crippen molar-refractivity contribution in [3.05, 3.63) is 88.4 Å². The summed E-state index contributed by atoms with van der Waals surface area (Å²) in [4.78, 5) is 17.9. The molecule has 14 heteroatoms. The topological polar surface area (TPSA) is 108 Å². The molecule has 0 unspecified atom stereocenters. The number of fused-ring (bicyclic) bond motifs is 1. The molecule has 50 heavy (non-hydrogen) atoms. The van der Waals surface area contributed by atoms with E-state index in [1.807, 2.05) is 25.8 Å². The Morgan fingerprint density at radius 2 is 1.74 bits per heavy atom. The number of sulfonamides is 1. The van der Waals surface area contributed by atoms with E-state index in [1.54, 1.807) is 13.0 Å². The van der Waals surface area contributed by atoms with Gasteiger partial charge in [0, 0.05) is 42.9 Å². The van der Waals surface area contributed by atoms with Crippen LogP contribution in [0, 0.1) is 5.92 Å². The number of rotatable bonds is 9. The molecule has 0 fully saturated rings. The van der Waals surface area contributed by atoms with Gasteiger partial charge in [0.15, 0.2) is 0 Å². The fourth-order valence-corrected chi connectivity index (χ4v) is 6.93. The lowest BCUT2D eigenvalue weighted by molar-refractivity contribution is -0.137. The SMILES string of the molecule is C[C@@H]1CCCCO[C@H](CN(C)Cc2ccc(C(F)(F)F)cc2)[C@@H](C)CN([C@H](C)CO)C(=O)c2cc(NS(=O)(=O)c3ccc(Cl)cc3)ccc2O1. The maximum atomic E-state index is 14.4. The fourth-order valence-electron chi connectivity index (χ4n) is 5.76. The molecule has 2 N–H and O–H groups in total. The summed E-state index contributed by atoms with van der Waals surface area (Å²) in [6.45, 7) is 6.71. The standard InChI is InChI=1S/C36H45ClF3N3O6S/c1-24-20-43(25(2)23-44)35(45)32-19-30(41-50(46,47)31-15-12-29(37)13-16-31)14-17-33(32)49-26(3)7-5-6-18-48-34(24)22-42(4)21-27-8-10-28(11-9-27)36(38,39)40/h8-17,19,24-26,34,41,44H,5-7,18,20-23H2,1-4H3/t24-,25+,26+,34+/m0/s1. The summed E-state index contributed by atoms with van der Waals surface area (Å²) in [6.07, 6.45) is -2.82. The van der Waals surface area contributed by atoms with Gasteiger partial charge in [-0.3, -0.25) is 14.4 Å². The van der Waals surface area contributed by atoms with Crippen LogP contribution >= 0.6 is 11.6 Å². The molecule has 3 aromatic carbocycles. The number of nitrogens with one attached hydrogen (secondary N) is 1. The van der Waals surface area contributed by atoms with E-state index in [2.05, 4.69) is 4.72 Å². The first kappa shape index (κ1) is 39.4. The van der Waals surface area contributed by atoms with Gasteiger partial charge in [-0.1, -0.05) is 30.7 Å². The van der Waals surface area contributed by atoms with Crippen molar-refractivity contribution in [2.24, 2.45) is 5.92 Å². The highest BCUT2D eigenvalue weighted by atomic mass is 35.5. The minimum Gasteiger partial charge on any atom is -0.490 e. The maximum Gasteiger partial charge on any atom is 0.416 e. The van der Waals surface area contributed by atoms with Crippen LogP contribution in [0.2, 0.25) is 5.02 Å². The van der Waals surface area contributed by atoms with Gasteiger partial charge in [0.05, 0.1) is 40.9 Å². The molecule has 9 nitrogen and oxygen atoms in total. The van der Waals surface area contributed by atoms with Crippen LogP contribution in [0.1, 0.15) is 61.5 Å². The van der Waals surface area contributed by atoms with Gasteiger partial charge in [-0.25, -0.2) is 8.42 Å². The lowest BCUT2D eigenvalue weighted by Crippen LogP contribution is -2.47. The first-order chi connectivity index (χ1) is 23.6. The third-order valence-electron chi connectivity index (χ3n) is 8.65. The first-order valence-electron chi connectivity index (χ1n) is 16.5. The Hall–Kier alpha value is -3.36. The monoisotopic (exact) mass is 739 g/mol. The number of aliphatic hydroxyl groups is 1. The van der Waals surface area contributed by atoms with Crippen LogP contribution in [0.3, 0.4) is 0 Å². The molecule has 274 valence electrons. The number of alkyl halides is 3. The quantitative estimate of drug-likeness (QED) is 0.241. The Kier molecular flexibility index (Phi) is 13.6. The van der Waals surface area contributed by atoms with E-state index in [-0.39, 0.29) is 47.4 Å². The van der Waals surface area contributed by atoms with E-state index in [4.69, 9.17) is 21.1 Å². The van der Waals surface area contributed by atoms with Gasteiger partial charge < -0.3 is 19.5 Å². The van der Waals surface area contributed by atoms with Crippen molar-refractivity contribution >= 4 is 33.2 Å². The van der Waals surface area contributed by atoms with E-state index < -0.39 is 33.7 Å². The van der Waals surface area contributed by atoms with E-state index in [0.717, 1.165) is 25.0 Å². The Morgan fingerprint density at radius 1 is 1.06 bits per heavy atom. The van der Waals surface area contributed by atoms with Gasteiger partial charge in [0.2, 0.25) is 0 Å². The second-order valence-corrected chi connectivity index (χ2v) is 15.1. The molecule has 0 spiro atoms. The third-order valence-corrected chi connectivity index (χ3v) is 10.3. The highest BCUT2D eigenvalue weighted by Gasteiger charge is 2.32. The summed E-state index contributed by atoms with van der Waals surface area (Å²) < 4.78 is 80.7. The smallest absolute Gasteiger partial charge is 0.416 e. The van der Waals surface area contributed by atoms with Gasteiger partial charge in [-0.15, -0.1) is 0 Å². The largest absolute Gasteiger partial charge is 0.490 e. The second kappa shape index (κ2) is 17.2. The Bertz CT molecular complexity index is 1680. The number of ether oxygens (including phenoxy) is 2. The molecule has 1 amide bonds. The molecular formula is C36H45ClF3N3O6S. The van der Waals surface area contributed by atoms with Gasteiger partial charge >= 0.3 is 6.18 Å². The first-order valence-corrected chi connectivity index (χ1v) is 18.4. The molecule has 0 bridgehead atoms. The van der Waals surface area contributed by atoms with Crippen LogP contribution < -0.4 is 9.46 Å². The lowest BCUT2D eigenvalue weighted by Gasteiger charge is -2.36. The van der Waals surface area contributed by atoms with Crippen molar-refractivity contribution in [2.45, 2.75) is 75.9 Å². The van der Waals surface area contributed by atoms with Crippen LogP contribution in [-0.2, 0) is 27.5 Å². The molecule has 0 saturated carbocycles. The van der Waals surface area contributed by atoms with E-state index in [1.165, 1.54) is 53.4 Å². The molecule has 0 saturated heterocycles. The van der Waals surface area contributed by atoms with Crippen molar-refractivity contribution in [1.82, 2.24) is 9.80 Å².